The van der Waals surface area contributed by atoms with Gasteiger partial charge in [0.1, 0.15) is 5.82 Å². The highest BCUT2D eigenvalue weighted by Gasteiger charge is 2.36. The van der Waals surface area contributed by atoms with Crippen LogP contribution in [0.1, 0.15) is 31.2 Å². The van der Waals surface area contributed by atoms with Gasteiger partial charge >= 0.3 is 0 Å². The summed E-state index contributed by atoms with van der Waals surface area (Å²) in [7, 11) is 4.09. The molecule has 3 aliphatic rings. The molecule has 0 radical (unpaired) electrons. The maximum Gasteiger partial charge on any atom is 0.222 e. The fourth-order valence-electron chi connectivity index (χ4n) is 4.15. The molecule has 0 saturated carbocycles. The van der Waals surface area contributed by atoms with E-state index in [1.54, 1.807) is 0 Å². The summed E-state index contributed by atoms with van der Waals surface area (Å²) in [6, 6.07) is 7.13. The highest BCUT2D eigenvalue weighted by atomic mass is 19.1. The standard InChI is InChI=1S/C20H30FN3O/c1-22(2)11-3-4-20(25)24-14-17-7-10-19(24)15-23(13-17)12-16-5-8-18(21)9-6-16/h5-6,8-9,17,19H,3-4,7,10-15H2,1-2H3/t17-,19+/m0/s1. The summed E-state index contributed by atoms with van der Waals surface area (Å²) in [4.78, 5) is 19.4. The van der Waals surface area contributed by atoms with Crippen LogP contribution in [0, 0.1) is 11.7 Å². The number of hydrogen-bond donors (Lipinski definition) is 0. The largest absolute Gasteiger partial charge is 0.338 e. The summed E-state index contributed by atoms with van der Waals surface area (Å²) in [5, 5.41) is 0. The Bertz CT molecular complexity index is 575. The van der Waals surface area contributed by atoms with Gasteiger partial charge in [-0.1, -0.05) is 12.1 Å². The van der Waals surface area contributed by atoms with Crippen LogP contribution in [0.5, 0.6) is 0 Å². The zero-order valence-corrected chi connectivity index (χ0v) is 15.5. The molecular formula is C20H30FN3O. The molecule has 4 rings (SSSR count). The number of amides is 1. The summed E-state index contributed by atoms with van der Waals surface area (Å²) in [6.07, 6.45) is 3.91. The third kappa shape index (κ3) is 5.02. The molecule has 1 aromatic rings. The van der Waals surface area contributed by atoms with Crippen LogP contribution < -0.4 is 0 Å². The van der Waals surface area contributed by atoms with E-state index in [-0.39, 0.29) is 5.82 Å². The second kappa shape index (κ2) is 8.28. The smallest absolute Gasteiger partial charge is 0.222 e. The molecule has 1 aromatic carbocycles. The summed E-state index contributed by atoms with van der Waals surface area (Å²) >= 11 is 0. The zero-order valence-electron chi connectivity index (χ0n) is 15.5. The van der Waals surface area contributed by atoms with E-state index < -0.39 is 0 Å². The van der Waals surface area contributed by atoms with Crippen LogP contribution in [0.15, 0.2) is 24.3 Å². The third-order valence-electron chi connectivity index (χ3n) is 5.42. The van der Waals surface area contributed by atoms with Crippen molar-refractivity contribution in [2.45, 2.75) is 38.3 Å². The van der Waals surface area contributed by atoms with E-state index in [0.717, 1.165) is 51.1 Å². The number of carbonyl (C=O) groups is 1. The summed E-state index contributed by atoms with van der Waals surface area (Å²) in [5.74, 6) is 0.700. The zero-order chi connectivity index (χ0) is 17.8. The number of fused-ring (bicyclic) bond motifs is 4. The lowest BCUT2D eigenvalue weighted by atomic mass is 9.94. The quantitative estimate of drug-likeness (QED) is 0.791. The third-order valence-corrected chi connectivity index (χ3v) is 5.42. The van der Waals surface area contributed by atoms with E-state index in [1.165, 1.54) is 18.6 Å². The van der Waals surface area contributed by atoms with Gasteiger partial charge in [0.05, 0.1) is 0 Å². The van der Waals surface area contributed by atoms with E-state index in [4.69, 9.17) is 0 Å². The van der Waals surface area contributed by atoms with Crippen molar-refractivity contribution in [3.05, 3.63) is 35.6 Å². The first-order chi connectivity index (χ1) is 12.0. The Morgan fingerprint density at radius 3 is 2.64 bits per heavy atom. The van der Waals surface area contributed by atoms with Crippen LogP contribution in [0.25, 0.3) is 0 Å². The van der Waals surface area contributed by atoms with Crippen molar-refractivity contribution in [3.63, 3.8) is 0 Å². The number of rotatable bonds is 6. The van der Waals surface area contributed by atoms with Gasteiger partial charge in [0.2, 0.25) is 5.91 Å². The number of benzene rings is 1. The maximum atomic E-state index is 13.1. The normalized spacial score (nSPS) is 23.9. The minimum atomic E-state index is -0.186. The van der Waals surface area contributed by atoms with E-state index in [0.29, 0.717) is 24.3 Å². The lowest BCUT2D eigenvalue weighted by Crippen LogP contribution is -2.47. The monoisotopic (exact) mass is 347 g/mol. The van der Waals surface area contributed by atoms with Crippen molar-refractivity contribution in [1.29, 1.82) is 0 Å². The molecular weight excluding hydrogens is 317 g/mol. The van der Waals surface area contributed by atoms with Gasteiger partial charge in [0.25, 0.3) is 0 Å². The number of hydrogen-bond acceptors (Lipinski definition) is 3. The van der Waals surface area contributed by atoms with Crippen LogP contribution in [-0.4, -0.2) is 66.9 Å². The van der Waals surface area contributed by atoms with Crippen molar-refractivity contribution in [3.8, 4) is 0 Å². The predicted molar refractivity (Wildman–Crippen MR) is 97.7 cm³/mol. The Hall–Kier alpha value is -1.46. The average molecular weight is 347 g/mol. The van der Waals surface area contributed by atoms with Gasteiger partial charge in [-0.25, -0.2) is 4.39 Å². The molecule has 25 heavy (non-hydrogen) atoms. The van der Waals surface area contributed by atoms with Crippen LogP contribution >= 0.6 is 0 Å². The molecule has 4 nitrogen and oxygen atoms in total. The molecule has 0 N–H and O–H groups in total. The Morgan fingerprint density at radius 1 is 1.16 bits per heavy atom. The molecule has 0 spiro atoms. The van der Waals surface area contributed by atoms with Gasteiger partial charge in [-0.2, -0.15) is 0 Å². The van der Waals surface area contributed by atoms with Crippen molar-refractivity contribution >= 4 is 5.91 Å². The molecule has 3 fully saturated rings. The summed E-state index contributed by atoms with van der Waals surface area (Å²) < 4.78 is 13.1. The second-order valence-electron chi connectivity index (χ2n) is 7.87. The lowest BCUT2D eigenvalue weighted by molar-refractivity contribution is -0.135. The van der Waals surface area contributed by atoms with Gasteiger partial charge in [-0.3, -0.25) is 9.69 Å². The van der Waals surface area contributed by atoms with Gasteiger partial charge < -0.3 is 9.80 Å². The highest BCUT2D eigenvalue weighted by Crippen LogP contribution is 2.29. The van der Waals surface area contributed by atoms with E-state index in [2.05, 4.69) is 14.7 Å². The lowest BCUT2D eigenvalue weighted by Gasteiger charge is -2.36. The number of halogens is 1. The second-order valence-corrected chi connectivity index (χ2v) is 7.87. The van der Waals surface area contributed by atoms with E-state index in [1.807, 2.05) is 26.2 Å². The van der Waals surface area contributed by atoms with E-state index >= 15 is 0 Å². The first-order valence-electron chi connectivity index (χ1n) is 9.42. The molecule has 0 unspecified atom stereocenters. The fraction of sp³-hybridized carbons (Fsp3) is 0.650. The fourth-order valence-corrected chi connectivity index (χ4v) is 4.15. The molecule has 0 aromatic heterocycles. The summed E-state index contributed by atoms with van der Waals surface area (Å²) in [6.45, 7) is 4.69. The Morgan fingerprint density at radius 2 is 1.92 bits per heavy atom. The molecule has 2 atom stereocenters. The van der Waals surface area contributed by atoms with Gasteiger partial charge in [0, 0.05) is 38.6 Å². The van der Waals surface area contributed by atoms with Crippen molar-refractivity contribution < 1.29 is 9.18 Å². The van der Waals surface area contributed by atoms with Crippen LogP contribution in [0.3, 0.4) is 0 Å². The van der Waals surface area contributed by atoms with Gasteiger partial charge in [-0.15, -0.1) is 0 Å². The molecule has 3 saturated heterocycles. The predicted octanol–water partition coefficient (Wildman–Crippen LogP) is 2.59. The Balaban J connectivity index is 1.58. The molecule has 3 aliphatic heterocycles. The number of piperidine rings is 1. The molecule has 2 bridgehead atoms. The summed E-state index contributed by atoms with van der Waals surface area (Å²) in [5.41, 5.74) is 1.14. The minimum Gasteiger partial charge on any atom is -0.338 e. The maximum absolute atomic E-state index is 13.1. The SMILES string of the molecule is CN(C)CCCC(=O)N1C[C@H]2CC[C@@H]1CN(Cc1ccc(F)cc1)C2. The van der Waals surface area contributed by atoms with Crippen LogP contribution in [-0.2, 0) is 11.3 Å². The van der Waals surface area contributed by atoms with E-state index in [9.17, 15) is 9.18 Å². The van der Waals surface area contributed by atoms with Crippen LogP contribution in [0.4, 0.5) is 4.39 Å². The number of carbonyl (C=O) groups excluding carboxylic acids is 1. The van der Waals surface area contributed by atoms with Gasteiger partial charge in [-0.05, 0) is 63.5 Å². The molecule has 1 amide bonds. The average Bonchev–Trinajstić information content (AvgIpc) is 2.87. The molecule has 138 valence electrons. The number of nitrogens with zero attached hydrogens (tertiary/aromatic N) is 3. The van der Waals surface area contributed by atoms with Gasteiger partial charge in [0.15, 0.2) is 0 Å². The van der Waals surface area contributed by atoms with Crippen molar-refractivity contribution in [2.24, 2.45) is 5.92 Å². The molecule has 5 heteroatoms. The first-order valence-corrected chi connectivity index (χ1v) is 9.42. The van der Waals surface area contributed by atoms with Crippen molar-refractivity contribution in [2.75, 3.05) is 40.3 Å². The first kappa shape index (κ1) is 18.3. The Kier molecular flexibility index (Phi) is 6.07. The molecule has 0 aliphatic carbocycles. The van der Waals surface area contributed by atoms with Crippen LogP contribution in [0.2, 0.25) is 0 Å². The molecule has 3 heterocycles. The minimum absolute atomic E-state index is 0.186. The topological polar surface area (TPSA) is 26.8 Å². The van der Waals surface area contributed by atoms with Crippen molar-refractivity contribution in [1.82, 2.24) is 14.7 Å². The Labute approximate surface area is 150 Å². The highest BCUT2D eigenvalue weighted by molar-refractivity contribution is 5.76.